The van der Waals surface area contributed by atoms with Crippen molar-refractivity contribution in [1.29, 1.82) is 0 Å². The molecule has 2 nitrogen and oxygen atoms in total. The van der Waals surface area contributed by atoms with Gasteiger partial charge in [0.05, 0.1) is 0 Å². The Morgan fingerprint density at radius 2 is 0.920 bits per heavy atom. The monoisotopic (exact) mass is 388 g/mol. The third kappa shape index (κ3) is 11.3. The molecular weight excluding hydrogens is 358 g/mol. The zero-order valence-electron chi connectivity index (χ0n) is 16.4. The van der Waals surface area contributed by atoms with Gasteiger partial charge in [0.1, 0.15) is 0 Å². The Labute approximate surface area is 168 Å². The summed E-state index contributed by atoms with van der Waals surface area (Å²) in [6.45, 7) is 15.8. The van der Waals surface area contributed by atoms with Crippen LogP contribution in [0.25, 0.3) is 10.6 Å². The van der Waals surface area contributed by atoms with Gasteiger partial charge in [0.25, 0.3) is 0 Å². The maximum atomic E-state index is 4.67. The SMILES string of the molecule is C[C@H]([N-]CC[N-][C@@H](C)c1ccccc1)c1ccccc1.[CH2-]C.[CH2-]C.[Zn]. The van der Waals surface area contributed by atoms with Gasteiger partial charge in [-0.05, 0) is 0 Å². The van der Waals surface area contributed by atoms with E-state index in [1.165, 1.54) is 11.1 Å². The van der Waals surface area contributed by atoms with E-state index in [1.54, 1.807) is 13.8 Å². The molecule has 0 aliphatic carbocycles. The molecule has 0 N–H and O–H groups in total. The summed E-state index contributed by atoms with van der Waals surface area (Å²) in [5.74, 6) is 0. The summed E-state index contributed by atoms with van der Waals surface area (Å²) in [7, 11) is 0. The van der Waals surface area contributed by atoms with Crippen LogP contribution < -0.4 is 0 Å². The first-order chi connectivity index (χ1) is 11.8. The van der Waals surface area contributed by atoms with Gasteiger partial charge >= 0.3 is 0 Å². The zero-order valence-corrected chi connectivity index (χ0v) is 19.3. The van der Waals surface area contributed by atoms with Crippen LogP contribution in [0.1, 0.15) is 50.9 Å². The fraction of sp³-hybridized carbons (Fsp3) is 0.364. The summed E-state index contributed by atoms with van der Waals surface area (Å²) in [4.78, 5) is 0. The first-order valence-electron chi connectivity index (χ1n) is 8.62. The summed E-state index contributed by atoms with van der Waals surface area (Å²) < 4.78 is 0. The zero-order chi connectivity index (χ0) is 18.2. The van der Waals surface area contributed by atoms with Gasteiger partial charge in [-0.1, -0.05) is 85.6 Å². The van der Waals surface area contributed by atoms with Crippen LogP contribution in [-0.2, 0) is 19.5 Å². The van der Waals surface area contributed by atoms with Crippen LogP contribution in [0.15, 0.2) is 60.7 Å². The summed E-state index contributed by atoms with van der Waals surface area (Å²) >= 11 is 0. The smallest absolute Gasteiger partial charge is 0 e. The van der Waals surface area contributed by atoms with Crippen molar-refractivity contribution in [3.8, 4) is 0 Å². The molecule has 0 saturated heterocycles. The molecule has 0 amide bonds. The molecule has 2 aromatic carbocycles. The Morgan fingerprint density at radius 1 is 0.640 bits per heavy atom. The molecule has 0 fully saturated rings. The first-order valence-corrected chi connectivity index (χ1v) is 8.62. The van der Waals surface area contributed by atoms with Crippen LogP contribution >= 0.6 is 0 Å². The molecule has 2 rings (SSSR count). The fourth-order valence-electron chi connectivity index (χ4n) is 2.18. The predicted octanol–water partition coefficient (Wildman–Crippen LogP) is 6.93. The number of hydrogen-bond donors (Lipinski definition) is 0. The molecule has 2 atom stereocenters. The van der Waals surface area contributed by atoms with Crippen molar-refractivity contribution in [2.75, 3.05) is 13.1 Å². The van der Waals surface area contributed by atoms with E-state index in [-0.39, 0.29) is 31.6 Å². The number of nitrogens with zero attached hydrogens (tertiary/aromatic N) is 2. The second-order valence-corrected chi connectivity index (χ2v) is 4.99. The minimum atomic E-state index is 0. The average Bonchev–Trinajstić information content (AvgIpc) is 2.69. The van der Waals surface area contributed by atoms with Gasteiger partial charge in [0.2, 0.25) is 0 Å². The summed E-state index contributed by atoms with van der Waals surface area (Å²) in [6, 6.07) is 21.3. The van der Waals surface area contributed by atoms with E-state index in [2.05, 4.69) is 86.9 Å². The fourth-order valence-corrected chi connectivity index (χ4v) is 2.18. The van der Waals surface area contributed by atoms with Gasteiger partial charge in [-0.25, -0.2) is 0 Å². The van der Waals surface area contributed by atoms with Crippen molar-refractivity contribution in [3.05, 3.63) is 96.3 Å². The molecule has 0 radical (unpaired) electrons. The van der Waals surface area contributed by atoms with Crippen LogP contribution in [0.4, 0.5) is 0 Å². The Morgan fingerprint density at radius 3 is 1.20 bits per heavy atom. The summed E-state index contributed by atoms with van der Waals surface area (Å²) in [5, 5.41) is 9.33. The molecule has 3 heteroatoms. The molecule has 0 aliphatic rings. The van der Waals surface area contributed by atoms with Crippen LogP contribution in [0, 0.1) is 13.8 Å². The van der Waals surface area contributed by atoms with Crippen molar-refractivity contribution in [2.45, 2.75) is 39.8 Å². The normalized spacial score (nSPS) is 11.6. The average molecular weight is 390 g/mol. The third-order valence-corrected chi connectivity index (χ3v) is 3.47. The minimum Gasteiger partial charge on any atom is -0.657 e. The number of rotatable bonds is 7. The maximum Gasteiger partial charge on any atom is 0 e. The number of hydrogen-bond acceptors (Lipinski definition) is 0. The van der Waals surface area contributed by atoms with E-state index in [1.807, 2.05) is 12.1 Å². The Balaban J connectivity index is 0. The molecule has 0 aliphatic heterocycles. The summed E-state index contributed by atoms with van der Waals surface area (Å²) in [6.07, 6.45) is 0. The van der Waals surface area contributed by atoms with Crippen molar-refractivity contribution in [3.63, 3.8) is 0 Å². The largest absolute Gasteiger partial charge is 0.657 e. The van der Waals surface area contributed by atoms with E-state index >= 15 is 0 Å². The molecule has 25 heavy (non-hydrogen) atoms. The molecule has 0 bridgehead atoms. The summed E-state index contributed by atoms with van der Waals surface area (Å²) in [5.41, 5.74) is 2.53. The van der Waals surface area contributed by atoms with Gasteiger partial charge in [-0.15, -0.1) is 12.1 Å². The van der Waals surface area contributed by atoms with E-state index in [9.17, 15) is 0 Å². The molecule has 0 spiro atoms. The topological polar surface area (TPSA) is 28.2 Å². The predicted molar refractivity (Wildman–Crippen MR) is 108 cm³/mol. The second-order valence-electron chi connectivity index (χ2n) is 4.99. The second kappa shape index (κ2) is 17.8. The van der Waals surface area contributed by atoms with Crippen LogP contribution in [0.2, 0.25) is 0 Å². The third-order valence-electron chi connectivity index (χ3n) is 3.47. The first kappa shape index (κ1) is 26.2. The Kier molecular flexibility index (Phi) is 18.7. The maximum absolute atomic E-state index is 4.67. The van der Waals surface area contributed by atoms with Crippen molar-refractivity contribution >= 4 is 0 Å². The molecule has 0 aromatic heterocycles. The van der Waals surface area contributed by atoms with Gasteiger partial charge in [0.15, 0.2) is 0 Å². The van der Waals surface area contributed by atoms with Crippen LogP contribution in [0.5, 0.6) is 0 Å². The molecule has 0 heterocycles. The molecule has 0 unspecified atom stereocenters. The van der Waals surface area contributed by atoms with Crippen LogP contribution in [0.3, 0.4) is 0 Å². The molecule has 2 aromatic rings. The van der Waals surface area contributed by atoms with E-state index in [4.69, 9.17) is 0 Å². The van der Waals surface area contributed by atoms with E-state index in [0.717, 1.165) is 13.1 Å². The van der Waals surface area contributed by atoms with E-state index < -0.39 is 0 Å². The van der Waals surface area contributed by atoms with Crippen molar-refractivity contribution in [2.24, 2.45) is 0 Å². The van der Waals surface area contributed by atoms with Crippen molar-refractivity contribution < 1.29 is 19.5 Å². The van der Waals surface area contributed by atoms with Gasteiger partial charge in [-0.2, -0.15) is 26.9 Å². The van der Waals surface area contributed by atoms with Crippen molar-refractivity contribution in [1.82, 2.24) is 0 Å². The van der Waals surface area contributed by atoms with Crippen LogP contribution in [-0.4, -0.2) is 13.1 Å². The molecule has 136 valence electrons. The molecule has 0 saturated carbocycles. The Hall–Kier alpha value is -1.02. The standard InChI is InChI=1S/C18H22N2.2C2H5.Zn/c1-15(17-9-5-3-6-10-17)19-13-14-20-16(2)18-11-7-4-8-12-18;2*1-2;/h3-12,15-16H,13-14H2,1-2H3;2*1H2,2H3;/q-2;2*-1;/t15-,16-;;;/m0.../s1. The number of benzene rings is 2. The minimum absolute atomic E-state index is 0. The molecular formula is C22H32N2Zn-4. The van der Waals surface area contributed by atoms with E-state index in [0.29, 0.717) is 0 Å². The quantitative estimate of drug-likeness (QED) is 0.279. The van der Waals surface area contributed by atoms with Gasteiger partial charge in [-0.3, -0.25) is 0 Å². The van der Waals surface area contributed by atoms with Gasteiger partial charge in [0, 0.05) is 19.5 Å². The van der Waals surface area contributed by atoms with Gasteiger partial charge < -0.3 is 24.5 Å². The Bertz CT molecular complexity index is 440.